The van der Waals surface area contributed by atoms with E-state index < -0.39 is 0 Å². The van der Waals surface area contributed by atoms with Crippen LogP contribution in [0.4, 0.5) is 4.79 Å². The van der Waals surface area contributed by atoms with E-state index in [0.29, 0.717) is 12.5 Å². The van der Waals surface area contributed by atoms with E-state index in [0.717, 1.165) is 19.4 Å². The molecule has 1 aliphatic carbocycles. The van der Waals surface area contributed by atoms with Crippen molar-refractivity contribution in [3.05, 3.63) is 0 Å². The van der Waals surface area contributed by atoms with Crippen LogP contribution in [0.25, 0.3) is 0 Å². The molecule has 0 aromatic carbocycles. The Bertz CT molecular complexity index is 216. The molecule has 0 saturated heterocycles. The number of amides is 2. The number of nitrogens with two attached hydrogens (primary N) is 1. The fourth-order valence-corrected chi connectivity index (χ4v) is 1.72. The van der Waals surface area contributed by atoms with Crippen molar-refractivity contribution in [1.82, 2.24) is 10.6 Å². The number of hydrogen-bond donors (Lipinski definition) is 3. The molecule has 4 heteroatoms. The Hall–Kier alpha value is -0.770. The van der Waals surface area contributed by atoms with Crippen LogP contribution in [0, 0.1) is 5.92 Å². The molecule has 0 bridgehead atoms. The molecular weight excluding hydrogens is 190 g/mol. The third-order valence-corrected chi connectivity index (χ3v) is 3.12. The monoisotopic (exact) mass is 213 g/mol. The van der Waals surface area contributed by atoms with E-state index in [1.807, 2.05) is 6.92 Å². The Morgan fingerprint density at radius 1 is 1.53 bits per heavy atom. The first kappa shape index (κ1) is 12.3. The van der Waals surface area contributed by atoms with Crippen molar-refractivity contribution >= 4 is 6.03 Å². The molecule has 1 atom stereocenters. The molecule has 1 unspecified atom stereocenters. The highest BCUT2D eigenvalue weighted by atomic mass is 16.2. The lowest BCUT2D eigenvalue weighted by Gasteiger charge is -2.29. The van der Waals surface area contributed by atoms with E-state index in [1.165, 1.54) is 12.8 Å². The number of hydrogen-bond acceptors (Lipinski definition) is 2. The maximum atomic E-state index is 11.5. The molecule has 0 aromatic heterocycles. The topological polar surface area (TPSA) is 67.2 Å². The van der Waals surface area contributed by atoms with Crippen LogP contribution in [-0.4, -0.2) is 24.7 Å². The normalized spacial score (nSPS) is 19.4. The van der Waals surface area contributed by atoms with Gasteiger partial charge in [0.2, 0.25) is 0 Å². The number of urea groups is 1. The summed E-state index contributed by atoms with van der Waals surface area (Å²) in [5, 5.41) is 5.84. The first-order chi connectivity index (χ1) is 7.12. The van der Waals surface area contributed by atoms with Gasteiger partial charge in [0.15, 0.2) is 0 Å². The van der Waals surface area contributed by atoms with Gasteiger partial charge in [-0.05, 0) is 32.1 Å². The molecule has 15 heavy (non-hydrogen) atoms. The Labute approximate surface area is 92.0 Å². The Kier molecular flexibility index (Phi) is 4.39. The van der Waals surface area contributed by atoms with Gasteiger partial charge in [-0.25, -0.2) is 4.79 Å². The summed E-state index contributed by atoms with van der Waals surface area (Å²) in [6, 6.07) is -0.0803. The number of carbonyl (C=O) groups excluding carboxylic acids is 1. The van der Waals surface area contributed by atoms with Crippen LogP contribution in [0.3, 0.4) is 0 Å². The Morgan fingerprint density at radius 3 is 2.67 bits per heavy atom. The number of unbranched alkanes of at least 4 members (excludes halogenated alkanes) is 1. The van der Waals surface area contributed by atoms with Gasteiger partial charge in [-0.1, -0.05) is 13.3 Å². The molecule has 0 radical (unpaired) electrons. The highest BCUT2D eigenvalue weighted by Crippen LogP contribution is 2.38. The largest absolute Gasteiger partial charge is 0.338 e. The average molecular weight is 213 g/mol. The zero-order valence-electron chi connectivity index (χ0n) is 9.81. The summed E-state index contributed by atoms with van der Waals surface area (Å²) in [4.78, 5) is 11.5. The third kappa shape index (κ3) is 3.70. The SMILES string of the molecule is CCCCNC(=O)NC(C)(CN)C1CC1. The maximum absolute atomic E-state index is 11.5. The molecule has 1 saturated carbocycles. The van der Waals surface area contributed by atoms with E-state index in [4.69, 9.17) is 5.73 Å². The van der Waals surface area contributed by atoms with Crippen molar-refractivity contribution in [2.75, 3.05) is 13.1 Å². The molecule has 4 nitrogen and oxygen atoms in total. The van der Waals surface area contributed by atoms with E-state index in [2.05, 4.69) is 17.6 Å². The van der Waals surface area contributed by atoms with E-state index >= 15 is 0 Å². The van der Waals surface area contributed by atoms with Gasteiger partial charge in [-0.3, -0.25) is 0 Å². The molecule has 2 amide bonds. The Balaban J connectivity index is 2.28. The predicted octanol–water partition coefficient (Wildman–Crippen LogP) is 1.21. The minimum absolute atomic E-state index is 0.0803. The van der Waals surface area contributed by atoms with Crippen LogP contribution in [0.5, 0.6) is 0 Å². The molecule has 0 spiro atoms. The molecule has 4 N–H and O–H groups in total. The lowest BCUT2D eigenvalue weighted by Crippen LogP contribution is -2.56. The van der Waals surface area contributed by atoms with Gasteiger partial charge in [0.25, 0.3) is 0 Å². The second kappa shape index (κ2) is 5.35. The maximum Gasteiger partial charge on any atom is 0.315 e. The molecular formula is C11H23N3O. The highest BCUT2D eigenvalue weighted by molar-refractivity contribution is 5.74. The van der Waals surface area contributed by atoms with Gasteiger partial charge < -0.3 is 16.4 Å². The van der Waals surface area contributed by atoms with Crippen molar-refractivity contribution in [2.45, 2.75) is 45.1 Å². The minimum atomic E-state index is -0.212. The van der Waals surface area contributed by atoms with Crippen LogP contribution in [-0.2, 0) is 0 Å². The van der Waals surface area contributed by atoms with E-state index in [-0.39, 0.29) is 11.6 Å². The lowest BCUT2D eigenvalue weighted by molar-refractivity contribution is 0.222. The van der Waals surface area contributed by atoms with Gasteiger partial charge in [-0.2, -0.15) is 0 Å². The highest BCUT2D eigenvalue weighted by Gasteiger charge is 2.41. The summed E-state index contributed by atoms with van der Waals surface area (Å²) < 4.78 is 0. The fourth-order valence-electron chi connectivity index (χ4n) is 1.72. The molecule has 88 valence electrons. The zero-order valence-corrected chi connectivity index (χ0v) is 9.81. The minimum Gasteiger partial charge on any atom is -0.338 e. The van der Waals surface area contributed by atoms with Crippen LogP contribution in [0.15, 0.2) is 0 Å². The number of carbonyl (C=O) groups is 1. The summed E-state index contributed by atoms with van der Waals surface area (Å²) in [5.41, 5.74) is 5.50. The van der Waals surface area contributed by atoms with Crippen molar-refractivity contribution in [2.24, 2.45) is 11.7 Å². The molecule has 1 aliphatic rings. The standard InChI is InChI=1S/C11H23N3O/c1-3-4-7-13-10(15)14-11(2,8-12)9-5-6-9/h9H,3-8,12H2,1-2H3,(H2,13,14,15). The molecule has 0 aromatic rings. The van der Waals surface area contributed by atoms with Gasteiger partial charge in [0.1, 0.15) is 0 Å². The van der Waals surface area contributed by atoms with Gasteiger partial charge in [0, 0.05) is 13.1 Å². The molecule has 1 fully saturated rings. The first-order valence-electron chi connectivity index (χ1n) is 5.88. The van der Waals surface area contributed by atoms with Crippen molar-refractivity contribution < 1.29 is 4.79 Å². The first-order valence-corrected chi connectivity index (χ1v) is 5.88. The number of nitrogens with one attached hydrogen (secondary N) is 2. The van der Waals surface area contributed by atoms with Gasteiger partial charge in [-0.15, -0.1) is 0 Å². The van der Waals surface area contributed by atoms with Gasteiger partial charge in [0.05, 0.1) is 5.54 Å². The lowest BCUT2D eigenvalue weighted by atomic mass is 9.96. The van der Waals surface area contributed by atoms with E-state index in [9.17, 15) is 4.79 Å². The average Bonchev–Trinajstić information content (AvgIpc) is 3.01. The smallest absolute Gasteiger partial charge is 0.315 e. The van der Waals surface area contributed by atoms with Crippen LogP contribution >= 0.6 is 0 Å². The Morgan fingerprint density at radius 2 is 2.20 bits per heavy atom. The fraction of sp³-hybridized carbons (Fsp3) is 0.909. The van der Waals surface area contributed by atoms with Crippen LogP contribution in [0.1, 0.15) is 39.5 Å². The van der Waals surface area contributed by atoms with Crippen LogP contribution < -0.4 is 16.4 Å². The summed E-state index contributed by atoms with van der Waals surface area (Å²) in [7, 11) is 0. The number of rotatable bonds is 6. The van der Waals surface area contributed by atoms with Crippen molar-refractivity contribution in [3.63, 3.8) is 0 Å². The van der Waals surface area contributed by atoms with E-state index in [1.54, 1.807) is 0 Å². The summed E-state index contributed by atoms with van der Waals surface area (Å²) >= 11 is 0. The molecule has 1 rings (SSSR count). The molecule has 0 aliphatic heterocycles. The van der Waals surface area contributed by atoms with Crippen LogP contribution in [0.2, 0.25) is 0 Å². The molecule has 0 heterocycles. The second-order valence-electron chi connectivity index (χ2n) is 4.63. The van der Waals surface area contributed by atoms with Gasteiger partial charge >= 0.3 is 6.03 Å². The van der Waals surface area contributed by atoms with Crippen molar-refractivity contribution in [1.29, 1.82) is 0 Å². The zero-order chi connectivity index (χ0) is 11.3. The quantitative estimate of drug-likeness (QED) is 0.581. The van der Waals surface area contributed by atoms with Crippen molar-refractivity contribution in [3.8, 4) is 0 Å². The summed E-state index contributed by atoms with van der Waals surface area (Å²) in [6.07, 6.45) is 4.49. The summed E-state index contributed by atoms with van der Waals surface area (Å²) in [5.74, 6) is 0.569. The predicted molar refractivity (Wildman–Crippen MR) is 61.6 cm³/mol. The second-order valence-corrected chi connectivity index (χ2v) is 4.63. The summed E-state index contributed by atoms with van der Waals surface area (Å²) in [6.45, 7) is 5.39. The third-order valence-electron chi connectivity index (χ3n) is 3.12.